The van der Waals surface area contributed by atoms with Crippen LogP contribution in [0.1, 0.15) is 5.17 Å². The fourth-order valence-electron chi connectivity index (χ4n) is 2.20. The molecule has 0 atom stereocenters. The molecule has 0 spiro atoms. The standard InChI is InChI=1S/C15H18O3Si/c1-11-14(16-2)15(17-3)13(10-19(11)18-4)12-8-6-5-7-9-12/h5-10H,1-4H3. The van der Waals surface area contributed by atoms with Gasteiger partial charge in [0.05, 0.1) is 21.3 Å². The first-order chi connectivity index (χ1) is 9.22. The van der Waals surface area contributed by atoms with E-state index < -0.39 is 8.64 Å². The number of hydrogen-bond acceptors (Lipinski definition) is 3. The maximum atomic E-state index is 5.60. The summed E-state index contributed by atoms with van der Waals surface area (Å²) in [7, 11) is 3.90. The molecule has 1 aromatic heterocycles. The van der Waals surface area contributed by atoms with E-state index in [1.165, 1.54) is 0 Å². The summed E-state index contributed by atoms with van der Waals surface area (Å²) in [6.45, 7) is 2.04. The Morgan fingerprint density at radius 3 is 2.05 bits per heavy atom. The van der Waals surface area contributed by atoms with E-state index >= 15 is 0 Å². The fraction of sp³-hybridized carbons (Fsp3) is 0.267. The van der Waals surface area contributed by atoms with E-state index in [1.54, 1.807) is 21.3 Å². The largest absolute Gasteiger partial charge is 0.550 e. The van der Waals surface area contributed by atoms with Gasteiger partial charge in [-0.2, -0.15) is 0 Å². The lowest BCUT2D eigenvalue weighted by Crippen LogP contribution is -2.14. The van der Waals surface area contributed by atoms with Gasteiger partial charge in [0.15, 0.2) is 11.5 Å². The molecule has 100 valence electrons. The average molecular weight is 274 g/mol. The topological polar surface area (TPSA) is 27.7 Å². The summed E-state index contributed by atoms with van der Waals surface area (Å²) in [6, 6.07) is 10.2. The molecule has 0 radical (unpaired) electrons. The minimum absolute atomic E-state index is 0.775. The van der Waals surface area contributed by atoms with E-state index in [2.05, 4.69) is 17.8 Å². The molecule has 0 fully saturated rings. The van der Waals surface area contributed by atoms with Gasteiger partial charge >= 0.3 is 0 Å². The molecule has 0 bridgehead atoms. The van der Waals surface area contributed by atoms with Crippen LogP contribution < -0.4 is 13.9 Å². The van der Waals surface area contributed by atoms with Crippen molar-refractivity contribution in [3.8, 4) is 22.6 Å². The Morgan fingerprint density at radius 2 is 1.53 bits per heavy atom. The SMILES string of the molecule is COc1c(-c2ccccc2)c[si](OC)c(C)c1OC. The predicted octanol–water partition coefficient (Wildman–Crippen LogP) is 2.76. The van der Waals surface area contributed by atoms with Crippen molar-refractivity contribution in [2.24, 2.45) is 0 Å². The Hall–Kier alpha value is -1.81. The van der Waals surface area contributed by atoms with E-state index in [-0.39, 0.29) is 0 Å². The normalized spacial score (nSPS) is 10.1. The smallest absolute Gasteiger partial charge is 0.268 e. The molecule has 0 saturated carbocycles. The van der Waals surface area contributed by atoms with Crippen LogP contribution in [0.3, 0.4) is 0 Å². The molecule has 0 saturated heterocycles. The summed E-state index contributed by atoms with van der Waals surface area (Å²) >= 11 is 0. The van der Waals surface area contributed by atoms with Gasteiger partial charge in [-0.3, -0.25) is 0 Å². The molecule has 3 nitrogen and oxygen atoms in total. The van der Waals surface area contributed by atoms with Crippen LogP contribution in [0.5, 0.6) is 11.5 Å². The molecule has 0 amide bonds. The summed E-state index contributed by atoms with van der Waals surface area (Å²) in [4.78, 5) is 0. The second-order valence-electron chi connectivity index (χ2n) is 4.18. The van der Waals surface area contributed by atoms with Gasteiger partial charge in [0, 0.05) is 10.7 Å². The summed E-state index contributed by atoms with van der Waals surface area (Å²) in [5.74, 6) is 1.57. The Morgan fingerprint density at radius 1 is 0.895 bits per heavy atom. The van der Waals surface area contributed by atoms with Crippen LogP contribution in [-0.4, -0.2) is 30.0 Å². The minimum Gasteiger partial charge on any atom is -0.550 e. The van der Waals surface area contributed by atoms with Gasteiger partial charge in [-0.05, 0) is 18.2 Å². The zero-order valence-corrected chi connectivity index (χ0v) is 12.7. The molecule has 1 aromatic carbocycles. The molecule has 0 aliphatic heterocycles. The Kier molecular flexibility index (Phi) is 4.22. The van der Waals surface area contributed by atoms with E-state index in [1.807, 2.05) is 25.1 Å². The van der Waals surface area contributed by atoms with E-state index in [9.17, 15) is 0 Å². The lowest BCUT2D eigenvalue weighted by Gasteiger charge is -2.17. The maximum Gasteiger partial charge on any atom is 0.268 e. The monoisotopic (exact) mass is 274 g/mol. The zero-order chi connectivity index (χ0) is 13.8. The first-order valence-electron chi connectivity index (χ1n) is 6.08. The van der Waals surface area contributed by atoms with Crippen LogP contribution >= 0.6 is 0 Å². The van der Waals surface area contributed by atoms with Gasteiger partial charge in [0.2, 0.25) is 0 Å². The first kappa shape index (κ1) is 13.6. The lowest BCUT2D eigenvalue weighted by molar-refractivity contribution is 0.354. The first-order valence-corrected chi connectivity index (χ1v) is 7.56. The highest BCUT2D eigenvalue weighted by molar-refractivity contribution is 6.48. The molecule has 1 heterocycles. The summed E-state index contributed by atoms with van der Waals surface area (Å²) in [5, 5.41) is 1.12. The maximum absolute atomic E-state index is 5.60. The number of methoxy groups -OCH3 is 2. The van der Waals surface area contributed by atoms with Crippen molar-refractivity contribution in [3.63, 3.8) is 0 Å². The molecule has 2 aromatic rings. The Balaban J connectivity index is 2.72. The number of benzene rings is 1. The highest BCUT2D eigenvalue weighted by atomic mass is 28.3. The van der Waals surface area contributed by atoms with Crippen molar-refractivity contribution in [2.45, 2.75) is 6.92 Å². The quantitative estimate of drug-likeness (QED) is 0.802. The van der Waals surface area contributed by atoms with Crippen LogP contribution in [0.2, 0.25) is 0 Å². The van der Waals surface area contributed by atoms with Gasteiger partial charge in [-0.1, -0.05) is 30.3 Å². The summed E-state index contributed by atoms with van der Waals surface area (Å²) < 4.78 is 16.7. The highest BCUT2D eigenvalue weighted by Gasteiger charge is 2.19. The van der Waals surface area contributed by atoms with Gasteiger partial charge in [0.25, 0.3) is 8.64 Å². The highest BCUT2D eigenvalue weighted by Crippen LogP contribution is 2.39. The Labute approximate surface area is 115 Å². The Bertz CT molecular complexity index is 567. The molecule has 0 unspecified atom stereocenters. The molecule has 19 heavy (non-hydrogen) atoms. The van der Waals surface area contributed by atoms with E-state index in [0.29, 0.717) is 0 Å². The van der Waals surface area contributed by atoms with Crippen molar-refractivity contribution in [2.75, 3.05) is 21.3 Å². The van der Waals surface area contributed by atoms with Crippen molar-refractivity contribution in [1.82, 2.24) is 0 Å². The van der Waals surface area contributed by atoms with Crippen molar-refractivity contribution < 1.29 is 13.9 Å². The molecule has 4 heteroatoms. The molecule has 0 N–H and O–H groups in total. The lowest BCUT2D eigenvalue weighted by atomic mass is 10.1. The van der Waals surface area contributed by atoms with Crippen LogP contribution in [0, 0.1) is 6.92 Å². The van der Waals surface area contributed by atoms with Crippen LogP contribution in [0.15, 0.2) is 36.0 Å². The predicted molar refractivity (Wildman–Crippen MR) is 78.2 cm³/mol. The summed E-state index contributed by atoms with van der Waals surface area (Å²) in [5.41, 5.74) is 4.32. The average Bonchev–Trinajstić information content (AvgIpc) is 2.47. The number of rotatable bonds is 4. The van der Waals surface area contributed by atoms with Crippen molar-refractivity contribution in [1.29, 1.82) is 0 Å². The van der Waals surface area contributed by atoms with Gasteiger partial charge < -0.3 is 13.9 Å². The fourth-order valence-corrected chi connectivity index (χ4v) is 3.84. The third kappa shape index (κ3) is 2.49. The van der Waals surface area contributed by atoms with E-state index in [0.717, 1.165) is 27.8 Å². The molecule has 2 rings (SSSR count). The van der Waals surface area contributed by atoms with E-state index in [4.69, 9.17) is 13.9 Å². The van der Waals surface area contributed by atoms with Gasteiger partial charge in [-0.25, -0.2) is 0 Å². The molecule has 0 aliphatic rings. The van der Waals surface area contributed by atoms with Crippen LogP contribution in [0.4, 0.5) is 0 Å². The van der Waals surface area contributed by atoms with Crippen LogP contribution in [0.25, 0.3) is 11.1 Å². The second kappa shape index (κ2) is 5.89. The third-order valence-corrected chi connectivity index (χ3v) is 5.11. The second-order valence-corrected chi connectivity index (χ2v) is 6.36. The minimum atomic E-state index is -1.17. The van der Waals surface area contributed by atoms with Gasteiger partial charge in [-0.15, -0.1) is 0 Å². The molecular formula is C15H18O3Si. The van der Waals surface area contributed by atoms with Crippen LogP contribution in [-0.2, 0) is 0 Å². The zero-order valence-electron chi connectivity index (χ0n) is 11.7. The molecule has 0 aliphatic carbocycles. The van der Waals surface area contributed by atoms with Gasteiger partial charge in [0.1, 0.15) is 0 Å². The third-order valence-electron chi connectivity index (χ3n) is 3.15. The van der Waals surface area contributed by atoms with Crippen molar-refractivity contribution >= 4 is 8.64 Å². The number of hydrogen-bond donors (Lipinski definition) is 0. The number of ether oxygens (including phenoxy) is 2. The van der Waals surface area contributed by atoms with Crippen molar-refractivity contribution in [3.05, 3.63) is 41.2 Å². The summed E-state index contributed by atoms with van der Waals surface area (Å²) in [6.07, 6.45) is 0. The molecular weight excluding hydrogens is 256 g/mol.